The number of carbonyl (C=O) groups is 2. The normalized spacial score (nSPS) is 12.2. The summed E-state index contributed by atoms with van der Waals surface area (Å²) in [6.45, 7) is 1.39. The summed E-state index contributed by atoms with van der Waals surface area (Å²) in [4.78, 5) is 37.3. The SMILES string of the molecule is CO/C=C(/C(=O)OC)c1ccccc1COc1cccc(C(F)(F)F)n1.CO/N=C(/C(=O)OC)c1ccccc1CO/N=C(\C)c1cccc(C(F)(F)F)c1. The number of pyridine rings is 1. The lowest BCUT2D eigenvalue weighted by atomic mass is 10.0. The average Bonchev–Trinajstić information content (AvgIpc) is 3.18. The maximum absolute atomic E-state index is 12.9. The first-order valence-corrected chi connectivity index (χ1v) is 15.8. The fourth-order valence-corrected chi connectivity index (χ4v) is 4.60. The summed E-state index contributed by atoms with van der Waals surface area (Å²) < 4.78 is 96.4. The molecule has 3 aromatic carbocycles. The van der Waals surface area contributed by atoms with Crippen molar-refractivity contribution in [2.75, 3.05) is 28.4 Å². The zero-order valence-corrected chi connectivity index (χ0v) is 30.0. The molecule has 0 radical (unpaired) electrons. The van der Waals surface area contributed by atoms with Gasteiger partial charge in [0.05, 0.1) is 38.9 Å². The Labute approximate surface area is 311 Å². The van der Waals surface area contributed by atoms with Gasteiger partial charge in [-0.2, -0.15) is 26.3 Å². The van der Waals surface area contributed by atoms with E-state index in [0.717, 1.165) is 18.2 Å². The highest BCUT2D eigenvalue weighted by atomic mass is 19.4. The van der Waals surface area contributed by atoms with E-state index in [-0.39, 0.29) is 41.7 Å². The molecule has 4 aromatic rings. The first-order valence-electron chi connectivity index (χ1n) is 15.8. The Morgan fingerprint density at radius 3 is 1.93 bits per heavy atom. The number of nitrogens with zero attached hydrogens (tertiary/aromatic N) is 3. The molecule has 1 heterocycles. The number of aromatic nitrogens is 1. The summed E-state index contributed by atoms with van der Waals surface area (Å²) >= 11 is 0. The smallest absolute Gasteiger partial charge is 0.433 e. The number of methoxy groups -OCH3 is 3. The Balaban J connectivity index is 0.000000297. The van der Waals surface area contributed by atoms with Crippen molar-refractivity contribution in [3.8, 4) is 5.88 Å². The molecule has 292 valence electrons. The number of carbonyl (C=O) groups excluding carboxylic acids is 2. The largest absolute Gasteiger partial charge is 0.503 e. The van der Waals surface area contributed by atoms with Crippen molar-refractivity contribution in [1.29, 1.82) is 0 Å². The molecule has 0 atom stereocenters. The summed E-state index contributed by atoms with van der Waals surface area (Å²) in [7, 11) is 5.13. The van der Waals surface area contributed by atoms with E-state index in [1.165, 1.54) is 65.9 Å². The highest BCUT2D eigenvalue weighted by Gasteiger charge is 2.33. The molecule has 0 unspecified atom stereocenters. The number of benzene rings is 3. The lowest BCUT2D eigenvalue weighted by molar-refractivity contribution is -0.141. The van der Waals surface area contributed by atoms with Crippen LogP contribution in [0.25, 0.3) is 5.57 Å². The number of halogens is 6. The molecule has 1 aromatic heterocycles. The fourth-order valence-electron chi connectivity index (χ4n) is 4.60. The molecule has 0 amide bonds. The first kappa shape index (κ1) is 43.0. The van der Waals surface area contributed by atoms with Crippen molar-refractivity contribution in [1.82, 2.24) is 4.98 Å². The van der Waals surface area contributed by atoms with Gasteiger partial charge in [0.2, 0.25) is 5.88 Å². The number of rotatable bonds is 13. The molecule has 0 saturated heterocycles. The lowest BCUT2D eigenvalue weighted by Gasteiger charge is -2.13. The zero-order chi connectivity index (χ0) is 40.6. The minimum absolute atomic E-state index is 0.0484. The molecule has 0 spiro atoms. The van der Waals surface area contributed by atoms with Gasteiger partial charge in [0.1, 0.15) is 31.6 Å². The van der Waals surface area contributed by atoms with Gasteiger partial charge in [0, 0.05) is 17.2 Å². The average molecular weight is 776 g/mol. The van der Waals surface area contributed by atoms with Gasteiger partial charge in [-0.15, -0.1) is 0 Å². The van der Waals surface area contributed by atoms with Crippen LogP contribution in [0.2, 0.25) is 0 Å². The Kier molecular flexibility index (Phi) is 15.8. The van der Waals surface area contributed by atoms with Crippen molar-refractivity contribution in [2.45, 2.75) is 32.5 Å². The Morgan fingerprint density at radius 1 is 0.709 bits per heavy atom. The second-order valence-corrected chi connectivity index (χ2v) is 10.9. The Hall–Kier alpha value is -6.39. The number of oxime groups is 2. The third-order valence-electron chi connectivity index (χ3n) is 7.20. The molecule has 11 nitrogen and oxygen atoms in total. The molecule has 0 fully saturated rings. The van der Waals surface area contributed by atoms with E-state index in [1.54, 1.807) is 48.5 Å². The van der Waals surface area contributed by atoms with Crippen LogP contribution in [0.4, 0.5) is 26.3 Å². The van der Waals surface area contributed by atoms with Gasteiger partial charge in [-0.3, -0.25) is 0 Å². The van der Waals surface area contributed by atoms with E-state index in [2.05, 4.69) is 15.3 Å². The summed E-state index contributed by atoms with van der Waals surface area (Å²) in [5.41, 5.74) is 0.873. The number of esters is 2. The van der Waals surface area contributed by atoms with Crippen LogP contribution in [0.3, 0.4) is 0 Å². The van der Waals surface area contributed by atoms with Gasteiger partial charge in [-0.25, -0.2) is 14.6 Å². The van der Waals surface area contributed by atoms with Gasteiger partial charge < -0.3 is 28.6 Å². The predicted molar refractivity (Wildman–Crippen MR) is 187 cm³/mol. The third kappa shape index (κ3) is 12.6. The quantitative estimate of drug-likeness (QED) is 0.0332. The van der Waals surface area contributed by atoms with Gasteiger partial charge >= 0.3 is 24.3 Å². The second-order valence-electron chi connectivity index (χ2n) is 10.9. The van der Waals surface area contributed by atoms with Crippen LogP contribution in [0, 0.1) is 0 Å². The highest BCUT2D eigenvalue weighted by Crippen LogP contribution is 2.30. The van der Waals surface area contributed by atoms with Crippen LogP contribution in [-0.2, 0) is 59.0 Å². The summed E-state index contributed by atoms with van der Waals surface area (Å²) in [5.74, 6) is -1.48. The number of hydrogen-bond acceptors (Lipinski definition) is 11. The van der Waals surface area contributed by atoms with Crippen LogP contribution >= 0.6 is 0 Å². The van der Waals surface area contributed by atoms with Crippen LogP contribution in [-0.4, -0.2) is 56.8 Å². The van der Waals surface area contributed by atoms with Crippen molar-refractivity contribution in [3.05, 3.63) is 136 Å². The predicted octanol–water partition coefficient (Wildman–Crippen LogP) is 8.01. The Morgan fingerprint density at radius 2 is 1.33 bits per heavy atom. The molecule has 17 heteroatoms. The number of alkyl halides is 6. The minimum atomic E-state index is -4.56. The summed E-state index contributed by atoms with van der Waals surface area (Å²) in [5, 5.41) is 7.58. The second kappa shape index (κ2) is 20.2. The molecule has 4 rings (SSSR count). The summed E-state index contributed by atoms with van der Waals surface area (Å²) in [6, 6.07) is 21.7. The lowest BCUT2D eigenvalue weighted by Crippen LogP contribution is -2.19. The molecule has 55 heavy (non-hydrogen) atoms. The fraction of sp³-hybridized carbons (Fsp3) is 0.237. The minimum Gasteiger partial charge on any atom is -0.503 e. The van der Waals surface area contributed by atoms with Crippen LogP contribution in [0.1, 0.15) is 46.0 Å². The van der Waals surface area contributed by atoms with E-state index in [1.807, 2.05) is 0 Å². The number of hydrogen-bond donors (Lipinski definition) is 0. The van der Waals surface area contributed by atoms with Crippen molar-refractivity contribution in [2.24, 2.45) is 10.3 Å². The molecule has 0 bridgehead atoms. The van der Waals surface area contributed by atoms with Crippen molar-refractivity contribution in [3.63, 3.8) is 0 Å². The van der Waals surface area contributed by atoms with Gasteiger partial charge in [0.15, 0.2) is 5.71 Å². The molecule has 0 N–H and O–H groups in total. The van der Waals surface area contributed by atoms with Crippen LogP contribution in [0.5, 0.6) is 5.88 Å². The molecule has 0 aliphatic rings. The summed E-state index contributed by atoms with van der Waals surface area (Å²) in [6.07, 6.45) is -7.77. The van der Waals surface area contributed by atoms with Crippen LogP contribution in [0.15, 0.2) is 108 Å². The third-order valence-corrected chi connectivity index (χ3v) is 7.20. The molecular formula is C38H35F6N3O8. The monoisotopic (exact) mass is 775 g/mol. The van der Waals surface area contributed by atoms with E-state index in [0.29, 0.717) is 22.3 Å². The van der Waals surface area contributed by atoms with Gasteiger partial charge in [-0.1, -0.05) is 77.0 Å². The van der Waals surface area contributed by atoms with Gasteiger partial charge in [-0.05, 0) is 41.8 Å². The van der Waals surface area contributed by atoms with Crippen molar-refractivity contribution < 1.29 is 64.6 Å². The van der Waals surface area contributed by atoms with E-state index in [4.69, 9.17) is 28.6 Å². The molecule has 0 aliphatic carbocycles. The van der Waals surface area contributed by atoms with Crippen LogP contribution < -0.4 is 4.74 Å². The topological polar surface area (TPSA) is 127 Å². The first-order chi connectivity index (χ1) is 26.1. The Bertz CT molecular complexity index is 2010. The van der Waals surface area contributed by atoms with E-state index in [9.17, 15) is 35.9 Å². The maximum Gasteiger partial charge on any atom is 0.433 e. The highest BCUT2D eigenvalue weighted by molar-refractivity contribution is 6.43. The standard InChI is InChI=1S/C20H19F3N2O4.C18H16F3NO4/c1-13(14-8-6-9-16(11-14)20(21,22)23)24-29-12-15-7-4-5-10-17(15)18(25-28-3)19(26)27-2;1-24-11-14(17(23)25-2)13-7-4-3-6-12(13)10-26-16-9-5-8-15(22-16)18(19,20)21/h4-11H,12H2,1-3H3;3-9,11H,10H2,1-2H3/b24-13+,25-18+;14-11+. The van der Waals surface area contributed by atoms with E-state index >= 15 is 0 Å². The van der Waals surface area contributed by atoms with Gasteiger partial charge in [0.25, 0.3) is 0 Å². The van der Waals surface area contributed by atoms with Crippen molar-refractivity contribution >= 4 is 28.9 Å². The molecule has 0 aliphatic heterocycles. The number of ether oxygens (including phenoxy) is 4. The van der Waals surface area contributed by atoms with E-state index < -0.39 is 35.5 Å². The maximum atomic E-state index is 12.9. The molecule has 0 saturated carbocycles. The zero-order valence-electron chi connectivity index (χ0n) is 30.0. The molecular weight excluding hydrogens is 740 g/mol.